The number of hydrogen-bond acceptors (Lipinski definition) is 10. The number of hydrogen-bond donors (Lipinski definition) is 5. The minimum atomic E-state index is -5.58. The van der Waals surface area contributed by atoms with E-state index >= 15 is 0 Å². The molecular formula is C10H19FN3O12P3. The molecule has 0 saturated carbocycles. The van der Waals surface area contributed by atoms with Gasteiger partial charge in [-0.05, 0) is 18.9 Å². The first-order valence-electron chi connectivity index (χ1n) is 7.43. The highest BCUT2D eigenvalue weighted by atomic mass is 31.3. The molecule has 0 radical (unpaired) electrons. The summed E-state index contributed by atoms with van der Waals surface area (Å²) in [5, 5.41) is 0. The molecule has 29 heavy (non-hydrogen) atoms. The molecule has 1 aliphatic rings. The van der Waals surface area contributed by atoms with E-state index in [1.54, 1.807) is 0 Å². The monoisotopic (exact) mass is 485 g/mol. The summed E-state index contributed by atoms with van der Waals surface area (Å²) in [5.41, 5.74) is 4.72. The van der Waals surface area contributed by atoms with Crippen molar-refractivity contribution in [1.82, 2.24) is 9.55 Å². The van der Waals surface area contributed by atoms with Gasteiger partial charge in [-0.25, -0.2) is 18.5 Å². The van der Waals surface area contributed by atoms with Gasteiger partial charge in [0.2, 0.25) is 0 Å². The van der Waals surface area contributed by atoms with Crippen LogP contribution in [-0.4, -0.2) is 49.0 Å². The molecule has 4 unspecified atom stereocenters. The van der Waals surface area contributed by atoms with E-state index < -0.39 is 48.1 Å². The van der Waals surface area contributed by atoms with Crippen molar-refractivity contribution in [3.63, 3.8) is 0 Å². The zero-order valence-electron chi connectivity index (χ0n) is 14.7. The van der Waals surface area contributed by atoms with E-state index in [9.17, 15) is 27.8 Å². The van der Waals surface area contributed by atoms with Crippen LogP contribution in [0.25, 0.3) is 0 Å². The van der Waals surface area contributed by atoms with Crippen LogP contribution >= 0.6 is 23.5 Å². The number of anilines is 1. The average molecular weight is 485 g/mol. The largest absolute Gasteiger partial charge is 0.490 e. The highest BCUT2D eigenvalue weighted by Crippen LogP contribution is 2.66. The molecule has 19 heteroatoms. The number of nitrogens with zero attached hydrogens (tertiary/aromatic N) is 2. The van der Waals surface area contributed by atoms with Crippen molar-refractivity contribution in [2.75, 3.05) is 19.5 Å². The molecule has 15 nitrogen and oxygen atoms in total. The number of phosphoric ester groups is 1. The first kappa shape index (κ1) is 26.0. The van der Waals surface area contributed by atoms with Crippen molar-refractivity contribution in [1.29, 1.82) is 0 Å². The predicted molar refractivity (Wildman–Crippen MR) is 92.9 cm³/mol. The fourth-order valence-electron chi connectivity index (χ4n) is 2.14. The third kappa shape index (κ3) is 9.11. The Labute approximate surface area is 162 Å². The van der Waals surface area contributed by atoms with Crippen LogP contribution in [0.2, 0.25) is 0 Å². The van der Waals surface area contributed by atoms with Gasteiger partial charge in [0.1, 0.15) is 12.0 Å². The zero-order chi connectivity index (χ0) is 22.5. The van der Waals surface area contributed by atoms with Gasteiger partial charge in [-0.3, -0.25) is 13.5 Å². The normalized spacial score (nSPS) is 23.5. The van der Waals surface area contributed by atoms with Crippen LogP contribution in [-0.2, 0) is 31.6 Å². The Morgan fingerprint density at radius 3 is 2.38 bits per heavy atom. The molecule has 0 amide bonds. The van der Waals surface area contributed by atoms with E-state index in [4.69, 9.17) is 25.2 Å². The lowest BCUT2D eigenvalue weighted by Crippen LogP contribution is -2.27. The van der Waals surface area contributed by atoms with Crippen molar-refractivity contribution in [3.05, 3.63) is 22.7 Å². The summed E-state index contributed by atoms with van der Waals surface area (Å²) in [7, 11) is -15.8. The smallest absolute Gasteiger partial charge is 0.383 e. The Morgan fingerprint density at radius 1 is 1.21 bits per heavy atom. The molecule has 6 N–H and O–H groups in total. The maximum absolute atomic E-state index is 11.7. The lowest BCUT2D eigenvalue weighted by atomic mass is 10.2. The second kappa shape index (κ2) is 10.3. The molecular weight excluding hydrogens is 466 g/mol. The van der Waals surface area contributed by atoms with E-state index in [0.717, 1.165) is 4.57 Å². The molecule has 1 aromatic rings. The van der Waals surface area contributed by atoms with Gasteiger partial charge in [0, 0.05) is 6.20 Å². The summed E-state index contributed by atoms with van der Waals surface area (Å²) in [6, 6.07) is 1.38. The van der Waals surface area contributed by atoms with Gasteiger partial charge in [-0.15, -0.1) is 0 Å². The molecule has 1 saturated heterocycles. The topological polar surface area (TPSA) is 230 Å². The molecule has 1 aromatic heterocycles. The standard InChI is InChI=1S/C9H16N3O12P3.CH3F/c10-7-3-4-12(9(13)11-7)8-2-1-6(22-8)5-21-26(17,18)24-27(19,20)23-25(14,15)16;1-2/h3-4,6,8H,1-2,5H2,(H,17,18)(H,19,20)(H2,10,11,13)(H2,14,15,16);1H3. The van der Waals surface area contributed by atoms with Crippen LogP contribution in [0.1, 0.15) is 19.1 Å². The molecule has 2 heterocycles. The lowest BCUT2D eigenvalue weighted by Gasteiger charge is -2.18. The number of nitrogen functional groups attached to an aromatic ring is 1. The first-order valence-corrected chi connectivity index (χ1v) is 11.9. The molecule has 2 rings (SSSR count). The summed E-state index contributed by atoms with van der Waals surface area (Å²) < 4.78 is 61.1. The summed E-state index contributed by atoms with van der Waals surface area (Å²) in [6.45, 7) is -0.586. The Balaban J connectivity index is 0.00000204. The highest BCUT2D eigenvalue weighted by molar-refractivity contribution is 7.66. The zero-order valence-corrected chi connectivity index (χ0v) is 17.4. The number of ether oxygens (including phenoxy) is 1. The number of nitrogens with two attached hydrogens (primary N) is 1. The SMILES string of the molecule is CF.Nc1ccn(C2CCC(COP(=O)(O)OP(=O)(O)OP(=O)(O)O)O2)c(=O)n1. The van der Waals surface area contributed by atoms with Crippen molar-refractivity contribution < 1.29 is 55.5 Å². The lowest BCUT2D eigenvalue weighted by molar-refractivity contribution is -0.0242. The van der Waals surface area contributed by atoms with Crippen LogP contribution < -0.4 is 11.4 Å². The second-order valence-corrected chi connectivity index (χ2v) is 9.64. The fourth-order valence-corrected chi connectivity index (χ4v) is 5.19. The van der Waals surface area contributed by atoms with Crippen LogP contribution in [0.5, 0.6) is 0 Å². The van der Waals surface area contributed by atoms with Crippen molar-refractivity contribution in [3.8, 4) is 0 Å². The first-order chi connectivity index (χ1) is 13.3. The van der Waals surface area contributed by atoms with Crippen molar-refractivity contribution in [2.24, 2.45) is 0 Å². The van der Waals surface area contributed by atoms with Crippen LogP contribution in [0, 0.1) is 0 Å². The van der Waals surface area contributed by atoms with Gasteiger partial charge in [-0.2, -0.15) is 13.6 Å². The van der Waals surface area contributed by atoms with Gasteiger partial charge in [0.05, 0.1) is 19.9 Å². The van der Waals surface area contributed by atoms with Crippen molar-refractivity contribution >= 4 is 29.3 Å². The molecule has 0 spiro atoms. The maximum atomic E-state index is 11.7. The Morgan fingerprint density at radius 2 is 1.83 bits per heavy atom. The predicted octanol–water partition coefficient (Wildman–Crippen LogP) is 0.432. The van der Waals surface area contributed by atoms with E-state index in [-0.39, 0.29) is 12.2 Å². The van der Waals surface area contributed by atoms with Gasteiger partial charge >= 0.3 is 29.2 Å². The molecule has 1 aliphatic heterocycles. The second-order valence-electron chi connectivity index (χ2n) is 5.22. The molecule has 168 valence electrons. The van der Waals surface area contributed by atoms with E-state index in [1.807, 2.05) is 0 Å². The number of alkyl halides is 1. The third-order valence-electron chi connectivity index (χ3n) is 3.09. The summed E-state index contributed by atoms with van der Waals surface area (Å²) in [4.78, 5) is 50.6. The minimum Gasteiger partial charge on any atom is -0.383 e. The Kier molecular flexibility index (Phi) is 9.27. The highest BCUT2D eigenvalue weighted by Gasteiger charge is 2.41. The van der Waals surface area contributed by atoms with Gasteiger partial charge < -0.3 is 30.0 Å². The van der Waals surface area contributed by atoms with E-state index in [2.05, 4.69) is 18.1 Å². The third-order valence-corrected chi connectivity index (χ3v) is 6.89. The van der Waals surface area contributed by atoms with Gasteiger partial charge in [-0.1, -0.05) is 0 Å². The molecule has 0 bridgehead atoms. The number of halogens is 1. The van der Waals surface area contributed by atoms with Crippen molar-refractivity contribution in [2.45, 2.75) is 25.2 Å². The maximum Gasteiger partial charge on any atom is 0.490 e. The Bertz CT molecular complexity index is 890. The summed E-state index contributed by atoms with van der Waals surface area (Å²) >= 11 is 0. The fraction of sp³-hybridized carbons (Fsp3) is 0.600. The van der Waals surface area contributed by atoms with Gasteiger partial charge in [0.15, 0.2) is 0 Å². The van der Waals surface area contributed by atoms with E-state index in [0.29, 0.717) is 13.6 Å². The summed E-state index contributed by atoms with van der Waals surface area (Å²) in [5.74, 6) is 0.0263. The quantitative estimate of drug-likeness (QED) is 0.315. The van der Waals surface area contributed by atoms with Crippen LogP contribution in [0.15, 0.2) is 17.1 Å². The number of aromatic nitrogens is 2. The molecule has 4 atom stereocenters. The average Bonchev–Trinajstić information content (AvgIpc) is 3.00. The van der Waals surface area contributed by atoms with Crippen LogP contribution in [0.3, 0.4) is 0 Å². The van der Waals surface area contributed by atoms with Crippen LogP contribution in [0.4, 0.5) is 10.2 Å². The number of phosphoric acid groups is 3. The molecule has 0 aliphatic carbocycles. The summed E-state index contributed by atoms with van der Waals surface area (Å²) in [6.07, 6.45) is 0.456. The van der Waals surface area contributed by atoms with E-state index in [1.165, 1.54) is 12.3 Å². The number of rotatable bonds is 8. The molecule has 0 aromatic carbocycles. The molecule has 1 fully saturated rings. The minimum absolute atomic E-state index is 0.0263. The Hall–Kier alpha value is -1.02. The van der Waals surface area contributed by atoms with Gasteiger partial charge in [0.25, 0.3) is 0 Å².